The van der Waals surface area contributed by atoms with E-state index < -0.39 is 6.04 Å². The van der Waals surface area contributed by atoms with Crippen LogP contribution in [-0.2, 0) is 11.3 Å². The normalized spacial score (nSPS) is 12.0. The second-order valence-corrected chi connectivity index (χ2v) is 8.11. The lowest BCUT2D eigenvalue weighted by molar-refractivity contribution is -0.124. The molecule has 1 aromatic carbocycles. The van der Waals surface area contributed by atoms with Gasteiger partial charge in [-0.3, -0.25) is 10.1 Å². The zero-order chi connectivity index (χ0) is 21.9. The van der Waals surface area contributed by atoms with Crippen LogP contribution in [0.2, 0.25) is 0 Å². The summed E-state index contributed by atoms with van der Waals surface area (Å²) in [6.07, 6.45) is 15.6. The highest BCUT2D eigenvalue weighted by molar-refractivity contribution is 5.81. The van der Waals surface area contributed by atoms with Crippen LogP contribution in [0.15, 0.2) is 24.3 Å². The number of amides is 1. The number of carbonyl (C=O) groups is 1. The zero-order valence-corrected chi connectivity index (χ0v) is 19.3. The van der Waals surface area contributed by atoms with E-state index in [-0.39, 0.29) is 12.5 Å². The van der Waals surface area contributed by atoms with Crippen molar-refractivity contribution < 1.29 is 14.6 Å². The summed E-state index contributed by atoms with van der Waals surface area (Å²) in [5.74, 6) is 0.633. The minimum absolute atomic E-state index is 0.143. The Morgan fingerprint density at radius 2 is 1.50 bits per heavy atom. The molecule has 3 N–H and O–H groups in total. The second kappa shape index (κ2) is 18.2. The lowest BCUT2D eigenvalue weighted by Gasteiger charge is -2.17. The van der Waals surface area contributed by atoms with Gasteiger partial charge in [0.05, 0.1) is 13.7 Å². The highest BCUT2D eigenvalue weighted by atomic mass is 16.5. The van der Waals surface area contributed by atoms with Crippen LogP contribution in [0, 0.1) is 0 Å². The van der Waals surface area contributed by atoms with Crippen molar-refractivity contribution in [3.63, 3.8) is 0 Å². The highest BCUT2D eigenvalue weighted by Crippen LogP contribution is 2.17. The number of rotatable bonds is 19. The number of aliphatic hydroxyl groups excluding tert-OH is 1. The molecule has 30 heavy (non-hydrogen) atoms. The van der Waals surface area contributed by atoms with E-state index in [1.54, 1.807) is 7.11 Å². The number of carbonyl (C=O) groups excluding carboxylic acids is 1. The number of unbranched alkanes of at least 4 members (excludes halogenated alkanes) is 11. The van der Waals surface area contributed by atoms with Gasteiger partial charge in [0.2, 0.25) is 5.91 Å². The topological polar surface area (TPSA) is 70.6 Å². The minimum Gasteiger partial charge on any atom is -0.496 e. The fourth-order valence-electron chi connectivity index (χ4n) is 3.62. The number of aliphatic hydroxyl groups is 1. The van der Waals surface area contributed by atoms with E-state index in [2.05, 4.69) is 17.6 Å². The van der Waals surface area contributed by atoms with Gasteiger partial charge in [-0.15, -0.1) is 0 Å². The van der Waals surface area contributed by atoms with E-state index in [0.717, 1.165) is 24.2 Å². The third-order valence-corrected chi connectivity index (χ3v) is 5.56. The predicted octanol–water partition coefficient (Wildman–Crippen LogP) is 4.96. The fraction of sp³-hybridized carbons (Fsp3) is 0.720. The van der Waals surface area contributed by atoms with Gasteiger partial charge in [0.25, 0.3) is 0 Å². The van der Waals surface area contributed by atoms with Crippen LogP contribution in [0.4, 0.5) is 0 Å². The molecule has 1 amide bonds. The number of methoxy groups -OCH3 is 1. The predicted molar refractivity (Wildman–Crippen MR) is 125 cm³/mol. The van der Waals surface area contributed by atoms with E-state index >= 15 is 0 Å². The standard InChI is InChI=1S/C25H44N2O3/c1-3-4-5-6-7-8-9-10-11-12-13-16-19-26-25(29)23(21-28)27-20-22-17-14-15-18-24(22)30-2/h14-15,17-18,23,27-28H,3-13,16,19-21H2,1-2H3,(H,26,29)/t23-/m0/s1. The first-order valence-corrected chi connectivity index (χ1v) is 12.0. The molecule has 1 aromatic rings. The van der Waals surface area contributed by atoms with Gasteiger partial charge in [-0.2, -0.15) is 0 Å². The van der Waals surface area contributed by atoms with E-state index in [1.807, 2.05) is 24.3 Å². The Kier molecular flexibility index (Phi) is 16.0. The van der Waals surface area contributed by atoms with Crippen LogP contribution in [0.25, 0.3) is 0 Å². The molecule has 0 aromatic heterocycles. The zero-order valence-electron chi connectivity index (χ0n) is 19.3. The second-order valence-electron chi connectivity index (χ2n) is 8.11. The van der Waals surface area contributed by atoms with E-state index in [9.17, 15) is 9.90 Å². The molecule has 0 heterocycles. The van der Waals surface area contributed by atoms with Gasteiger partial charge in [-0.25, -0.2) is 0 Å². The van der Waals surface area contributed by atoms with Gasteiger partial charge < -0.3 is 15.2 Å². The van der Waals surface area contributed by atoms with E-state index in [4.69, 9.17) is 4.74 Å². The molecule has 0 fully saturated rings. The Morgan fingerprint density at radius 3 is 2.07 bits per heavy atom. The Balaban J connectivity index is 2.04. The average molecular weight is 421 g/mol. The Bertz CT molecular complexity index is 551. The van der Waals surface area contributed by atoms with Crippen molar-refractivity contribution in [1.82, 2.24) is 10.6 Å². The number of nitrogens with one attached hydrogen (secondary N) is 2. The fourth-order valence-corrected chi connectivity index (χ4v) is 3.62. The molecule has 0 saturated carbocycles. The SMILES string of the molecule is CCCCCCCCCCCCCCNC(=O)[C@H](CO)NCc1ccccc1OC. The third-order valence-electron chi connectivity index (χ3n) is 5.56. The summed E-state index contributed by atoms with van der Waals surface area (Å²) >= 11 is 0. The van der Waals surface area contributed by atoms with Crippen molar-refractivity contribution in [2.45, 2.75) is 96.6 Å². The largest absolute Gasteiger partial charge is 0.496 e. The van der Waals surface area contributed by atoms with Crippen molar-refractivity contribution in [3.8, 4) is 5.75 Å². The maximum Gasteiger partial charge on any atom is 0.239 e. The Labute approximate surface area is 184 Å². The number of benzene rings is 1. The molecule has 1 rings (SSSR count). The van der Waals surface area contributed by atoms with Crippen LogP contribution in [-0.4, -0.2) is 37.3 Å². The molecule has 172 valence electrons. The molecule has 0 aliphatic carbocycles. The minimum atomic E-state index is -0.604. The van der Waals surface area contributed by atoms with Crippen molar-refractivity contribution in [2.75, 3.05) is 20.3 Å². The van der Waals surface area contributed by atoms with E-state index in [0.29, 0.717) is 13.1 Å². The molecule has 5 heteroatoms. The third kappa shape index (κ3) is 12.2. The van der Waals surface area contributed by atoms with Crippen LogP contribution in [0.1, 0.15) is 89.5 Å². The number of para-hydroxylation sites is 1. The quantitative estimate of drug-likeness (QED) is 0.277. The molecule has 0 saturated heterocycles. The van der Waals surface area contributed by atoms with Gasteiger partial charge in [-0.05, 0) is 12.5 Å². The van der Waals surface area contributed by atoms with Crippen molar-refractivity contribution in [3.05, 3.63) is 29.8 Å². The Morgan fingerprint density at radius 1 is 0.933 bits per heavy atom. The Hall–Kier alpha value is -1.59. The number of hydrogen-bond acceptors (Lipinski definition) is 4. The lowest BCUT2D eigenvalue weighted by atomic mass is 10.1. The summed E-state index contributed by atoms with van der Waals surface area (Å²) < 4.78 is 5.32. The first-order valence-electron chi connectivity index (χ1n) is 12.0. The van der Waals surface area contributed by atoms with Crippen molar-refractivity contribution in [1.29, 1.82) is 0 Å². The smallest absolute Gasteiger partial charge is 0.239 e. The monoisotopic (exact) mass is 420 g/mol. The summed E-state index contributed by atoms with van der Waals surface area (Å²) in [5, 5.41) is 15.6. The van der Waals surface area contributed by atoms with Gasteiger partial charge >= 0.3 is 0 Å². The first-order chi connectivity index (χ1) is 14.7. The molecular formula is C25H44N2O3. The molecule has 5 nitrogen and oxygen atoms in total. The summed E-state index contributed by atoms with van der Waals surface area (Å²) in [5.41, 5.74) is 0.965. The summed E-state index contributed by atoms with van der Waals surface area (Å²) in [4.78, 5) is 12.3. The summed E-state index contributed by atoms with van der Waals surface area (Å²) in [6, 6.07) is 7.07. The molecule has 0 aliphatic rings. The first kappa shape index (κ1) is 26.4. The molecule has 0 spiro atoms. The van der Waals surface area contributed by atoms with Gasteiger partial charge in [0.1, 0.15) is 11.8 Å². The number of ether oxygens (including phenoxy) is 1. The molecule has 0 aliphatic heterocycles. The van der Waals surface area contributed by atoms with Crippen LogP contribution >= 0.6 is 0 Å². The molecule has 0 bridgehead atoms. The van der Waals surface area contributed by atoms with Crippen LogP contribution < -0.4 is 15.4 Å². The lowest BCUT2D eigenvalue weighted by Crippen LogP contribution is -2.46. The molecule has 0 radical (unpaired) electrons. The average Bonchev–Trinajstić information content (AvgIpc) is 2.77. The van der Waals surface area contributed by atoms with Gasteiger partial charge in [-0.1, -0.05) is 95.8 Å². The van der Waals surface area contributed by atoms with E-state index in [1.165, 1.54) is 64.2 Å². The maximum absolute atomic E-state index is 12.3. The molecule has 0 unspecified atom stereocenters. The van der Waals surface area contributed by atoms with Crippen molar-refractivity contribution in [2.24, 2.45) is 0 Å². The summed E-state index contributed by atoms with van der Waals surface area (Å²) in [7, 11) is 1.63. The van der Waals surface area contributed by atoms with Crippen molar-refractivity contribution >= 4 is 5.91 Å². The highest BCUT2D eigenvalue weighted by Gasteiger charge is 2.16. The van der Waals surface area contributed by atoms with Gasteiger partial charge in [0, 0.05) is 18.7 Å². The molecular weight excluding hydrogens is 376 g/mol. The maximum atomic E-state index is 12.3. The van der Waals surface area contributed by atoms with Crippen LogP contribution in [0.5, 0.6) is 5.75 Å². The van der Waals surface area contributed by atoms with Crippen LogP contribution in [0.3, 0.4) is 0 Å². The van der Waals surface area contributed by atoms with Gasteiger partial charge in [0.15, 0.2) is 0 Å². The number of hydrogen-bond donors (Lipinski definition) is 3. The molecule has 1 atom stereocenters. The summed E-state index contributed by atoms with van der Waals surface area (Å²) in [6.45, 7) is 3.18.